The molecule has 2 N–H and O–H groups in total. The third-order valence-corrected chi connectivity index (χ3v) is 7.55. The molecule has 0 aliphatic carbocycles. The summed E-state index contributed by atoms with van der Waals surface area (Å²) in [6.45, 7) is 3.32. The third kappa shape index (κ3) is 4.83. The molecule has 37 heavy (non-hydrogen) atoms. The van der Waals surface area contributed by atoms with Gasteiger partial charge in [-0.05, 0) is 67.5 Å². The SMILES string of the molecule is COc1ccc(NC(=O)N2CCC(CNc3nccc(-c4cn5c6c(cccc46)CCC5)n3)CC2)cc1. The first-order chi connectivity index (χ1) is 18.2. The molecule has 0 saturated carbocycles. The van der Waals surface area contributed by atoms with Gasteiger partial charge in [0.2, 0.25) is 5.95 Å². The summed E-state index contributed by atoms with van der Waals surface area (Å²) in [5.41, 5.74) is 5.66. The van der Waals surface area contributed by atoms with Crippen LogP contribution in [0.2, 0.25) is 0 Å². The molecule has 2 aliphatic rings. The molecule has 190 valence electrons. The van der Waals surface area contributed by atoms with Crippen LogP contribution in [0.15, 0.2) is 60.9 Å². The summed E-state index contributed by atoms with van der Waals surface area (Å²) in [7, 11) is 1.63. The third-order valence-electron chi connectivity index (χ3n) is 7.55. The molecule has 8 nitrogen and oxygen atoms in total. The number of ether oxygens (including phenoxy) is 1. The van der Waals surface area contributed by atoms with Crippen LogP contribution in [0, 0.1) is 5.92 Å². The number of carbonyl (C=O) groups is 1. The predicted molar refractivity (Wildman–Crippen MR) is 146 cm³/mol. The Morgan fingerprint density at radius 2 is 1.92 bits per heavy atom. The van der Waals surface area contributed by atoms with E-state index in [0.29, 0.717) is 11.9 Å². The predicted octanol–water partition coefficient (Wildman–Crippen LogP) is 5.41. The molecule has 0 unspecified atom stereocenters. The number of methoxy groups -OCH3 is 1. The average Bonchev–Trinajstić information content (AvgIpc) is 3.33. The second-order valence-corrected chi connectivity index (χ2v) is 9.89. The van der Waals surface area contributed by atoms with Crippen LogP contribution in [0.1, 0.15) is 24.8 Å². The zero-order valence-corrected chi connectivity index (χ0v) is 21.1. The minimum Gasteiger partial charge on any atom is -0.497 e. The molecule has 6 rings (SSSR count). The number of benzene rings is 2. The van der Waals surface area contributed by atoms with Gasteiger partial charge in [0.25, 0.3) is 0 Å². The largest absolute Gasteiger partial charge is 0.497 e. The first kappa shape index (κ1) is 23.3. The molecule has 4 heterocycles. The number of nitrogens with zero attached hydrogens (tertiary/aromatic N) is 4. The lowest BCUT2D eigenvalue weighted by Crippen LogP contribution is -2.42. The number of amides is 2. The van der Waals surface area contributed by atoms with Gasteiger partial charge in [-0.1, -0.05) is 18.2 Å². The van der Waals surface area contributed by atoms with Gasteiger partial charge in [-0.3, -0.25) is 0 Å². The van der Waals surface area contributed by atoms with Crippen molar-refractivity contribution in [3.63, 3.8) is 0 Å². The van der Waals surface area contributed by atoms with Gasteiger partial charge < -0.3 is 24.8 Å². The van der Waals surface area contributed by atoms with Gasteiger partial charge in [0.1, 0.15) is 5.75 Å². The number of anilines is 2. The number of rotatable bonds is 6. The number of hydrogen-bond acceptors (Lipinski definition) is 5. The minimum absolute atomic E-state index is 0.0566. The Kier molecular flexibility index (Phi) is 6.39. The van der Waals surface area contributed by atoms with Gasteiger partial charge in [0.15, 0.2) is 0 Å². The molecule has 8 heteroatoms. The zero-order chi connectivity index (χ0) is 25.2. The fourth-order valence-corrected chi connectivity index (χ4v) is 5.51. The first-order valence-electron chi connectivity index (χ1n) is 13.1. The van der Waals surface area contributed by atoms with Crippen molar-refractivity contribution in [2.24, 2.45) is 5.92 Å². The van der Waals surface area contributed by atoms with Crippen molar-refractivity contribution in [2.75, 3.05) is 37.4 Å². The van der Waals surface area contributed by atoms with Crippen molar-refractivity contribution >= 4 is 28.6 Å². The highest BCUT2D eigenvalue weighted by Gasteiger charge is 2.23. The molecule has 4 aromatic rings. The van der Waals surface area contributed by atoms with E-state index in [9.17, 15) is 4.79 Å². The lowest BCUT2D eigenvalue weighted by Gasteiger charge is -2.32. The molecule has 2 aromatic heterocycles. The molecule has 2 amide bonds. The van der Waals surface area contributed by atoms with Crippen molar-refractivity contribution in [1.82, 2.24) is 19.4 Å². The van der Waals surface area contributed by atoms with E-state index in [0.717, 1.165) is 62.6 Å². The quantitative estimate of drug-likeness (QED) is 0.373. The molecule has 0 radical (unpaired) electrons. The number of hydrogen-bond donors (Lipinski definition) is 2. The lowest BCUT2D eigenvalue weighted by molar-refractivity contribution is 0.185. The monoisotopic (exact) mass is 496 g/mol. The Labute approximate surface area is 216 Å². The fourth-order valence-electron chi connectivity index (χ4n) is 5.51. The number of carbonyl (C=O) groups excluding carboxylic acids is 1. The van der Waals surface area contributed by atoms with E-state index in [1.54, 1.807) is 7.11 Å². The van der Waals surface area contributed by atoms with Crippen molar-refractivity contribution in [2.45, 2.75) is 32.2 Å². The summed E-state index contributed by atoms with van der Waals surface area (Å²) in [4.78, 5) is 23.9. The van der Waals surface area contributed by atoms with Crippen molar-refractivity contribution in [3.8, 4) is 17.0 Å². The van der Waals surface area contributed by atoms with Crippen LogP contribution in [-0.2, 0) is 13.0 Å². The second-order valence-electron chi connectivity index (χ2n) is 9.89. The maximum absolute atomic E-state index is 12.7. The van der Waals surface area contributed by atoms with E-state index in [1.807, 2.05) is 41.4 Å². The molecule has 0 atom stereocenters. The number of aryl methyl sites for hydroxylation is 2. The van der Waals surface area contributed by atoms with Gasteiger partial charge in [0, 0.05) is 55.2 Å². The van der Waals surface area contributed by atoms with E-state index >= 15 is 0 Å². The van der Waals surface area contributed by atoms with Crippen LogP contribution in [0.3, 0.4) is 0 Å². The van der Waals surface area contributed by atoms with Gasteiger partial charge in [-0.15, -0.1) is 0 Å². The number of likely N-dealkylation sites (tertiary alicyclic amines) is 1. The van der Waals surface area contributed by atoms with Gasteiger partial charge >= 0.3 is 6.03 Å². The minimum atomic E-state index is -0.0566. The smallest absolute Gasteiger partial charge is 0.321 e. The van der Waals surface area contributed by atoms with Crippen LogP contribution in [0.4, 0.5) is 16.4 Å². The summed E-state index contributed by atoms with van der Waals surface area (Å²) in [6, 6.07) is 15.9. The van der Waals surface area contributed by atoms with Crippen LogP contribution in [0.25, 0.3) is 22.2 Å². The molecular weight excluding hydrogens is 464 g/mol. The summed E-state index contributed by atoms with van der Waals surface area (Å²) in [5.74, 6) is 1.89. The van der Waals surface area contributed by atoms with E-state index < -0.39 is 0 Å². The fraction of sp³-hybridized carbons (Fsp3) is 0.345. The van der Waals surface area contributed by atoms with Crippen molar-refractivity contribution in [1.29, 1.82) is 0 Å². The van der Waals surface area contributed by atoms with E-state index in [4.69, 9.17) is 9.72 Å². The van der Waals surface area contributed by atoms with Crippen LogP contribution < -0.4 is 15.4 Å². The Morgan fingerprint density at radius 1 is 1.08 bits per heavy atom. The molecule has 0 bridgehead atoms. The number of aromatic nitrogens is 3. The standard InChI is InChI=1S/C29H32N6O2/c1-37-23-9-7-22(8-10-23)32-29(36)34-16-12-20(13-17-34)18-31-28-30-14-11-26(33-28)25-19-35-15-3-5-21-4-2-6-24(25)27(21)35/h2,4,6-11,14,19-20H,3,5,12-13,15-18H2,1H3,(H,32,36)(H,30,31,33). The summed E-state index contributed by atoms with van der Waals surface area (Å²) in [6.07, 6.45) is 8.28. The molecular formula is C29H32N6O2. The topological polar surface area (TPSA) is 84.3 Å². The van der Waals surface area contributed by atoms with Crippen LogP contribution in [0.5, 0.6) is 5.75 Å². The molecule has 2 aromatic carbocycles. The number of piperidine rings is 1. The Morgan fingerprint density at radius 3 is 2.73 bits per heavy atom. The molecule has 1 saturated heterocycles. The van der Waals surface area contributed by atoms with E-state index in [1.165, 1.54) is 28.5 Å². The summed E-state index contributed by atoms with van der Waals surface area (Å²) < 4.78 is 7.55. The average molecular weight is 497 g/mol. The number of urea groups is 1. The molecule has 1 fully saturated rings. The van der Waals surface area contributed by atoms with Crippen molar-refractivity contribution in [3.05, 3.63) is 66.5 Å². The van der Waals surface area contributed by atoms with E-state index in [-0.39, 0.29) is 6.03 Å². The highest BCUT2D eigenvalue weighted by atomic mass is 16.5. The molecule has 0 spiro atoms. The molecule has 2 aliphatic heterocycles. The van der Waals surface area contributed by atoms with E-state index in [2.05, 4.69) is 44.6 Å². The van der Waals surface area contributed by atoms with Crippen LogP contribution >= 0.6 is 0 Å². The second kappa shape index (κ2) is 10.1. The summed E-state index contributed by atoms with van der Waals surface area (Å²) >= 11 is 0. The normalized spacial score (nSPS) is 15.5. The van der Waals surface area contributed by atoms with Gasteiger partial charge in [-0.2, -0.15) is 0 Å². The Balaban J connectivity index is 1.05. The highest BCUT2D eigenvalue weighted by Crippen LogP contribution is 2.34. The maximum Gasteiger partial charge on any atom is 0.321 e. The maximum atomic E-state index is 12.7. The van der Waals surface area contributed by atoms with Gasteiger partial charge in [-0.25, -0.2) is 14.8 Å². The Hall–Kier alpha value is -4.07. The van der Waals surface area contributed by atoms with Crippen LogP contribution in [-0.4, -0.2) is 52.2 Å². The van der Waals surface area contributed by atoms with Gasteiger partial charge in [0.05, 0.1) is 18.3 Å². The number of para-hydroxylation sites is 1. The zero-order valence-electron chi connectivity index (χ0n) is 21.1. The Bertz CT molecular complexity index is 1410. The highest BCUT2D eigenvalue weighted by molar-refractivity contribution is 5.97. The first-order valence-corrected chi connectivity index (χ1v) is 13.1. The lowest BCUT2D eigenvalue weighted by atomic mass is 9.97. The summed E-state index contributed by atoms with van der Waals surface area (Å²) in [5, 5.41) is 7.70. The van der Waals surface area contributed by atoms with Crippen molar-refractivity contribution < 1.29 is 9.53 Å². The number of nitrogens with one attached hydrogen (secondary N) is 2.